The Morgan fingerprint density at radius 3 is 2.94 bits per heavy atom. The van der Waals surface area contributed by atoms with E-state index in [-0.39, 0.29) is 0 Å². The van der Waals surface area contributed by atoms with Gasteiger partial charge >= 0.3 is 0 Å². The minimum absolute atomic E-state index is 0.534. The first-order valence-electron chi connectivity index (χ1n) is 5.16. The average Bonchev–Trinajstić information content (AvgIpc) is 2.76. The van der Waals surface area contributed by atoms with Crippen molar-refractivity contribution in [3.63, 3.8) is 0 Å². The molecule has 17 heavy (non-hydrogen) atoms. The van der Waals surface area contributed by atoms with Crippen LogP contribution < -0.4 is 10.1 Å². The zero-order chi connectivity index (χ0) is 12.3. The summed E-state index contributed by atoms with van der Waals surface area (Å²) in [7, 11) is 1.63. The maximum absolute atomic E-state index is 5.24. The fourth-order valence-electron chi connectivity index (χ4n) is 1.41. The molecule has 4 nitrogen and oxygen atoms in total. The maximum atomic E-state index is 5.24. The van der Waals surface area contributed by atoms with E-state index in [0.29, 0.717) is 5.11 Å². The number of ether oxygens (including phenoxy) is 1. The fourth-order valence-corrected chi connectivity index (χ4v) is 1.62. The lowest BCUT2D eigenvalue weighted by Gasteiger charge is -2.08. The van der Waals surface area contributed by atoms with Crippen molar-refractivity contribution in [2.24, 2.45) is 0 Å². The molecular weight excluding hydrogens is 234 g/mol. The van der Waals surface area contributed by atoms with Crippen LogP contribution in [0.1, 0.15) is 5.56 Å². The normalized spacial score (nSPS) is 10.0. The molecule has 0 aliphatic carbocycles. The number of rotatable bonds is 2. The topological polar surface area (TPSA) is 39.1 Å². The van der Waals surface area contributed by atoms with Crippen molar-refractivity contribution in [3.8, 4) is 5.75 Å². The number of benzene rings is 1. The number of hydrogen-bond donors (Lipinski definition) is 1. The number of anilines is 1. The number of aryl methyl sites for hydroxylation is 1. The predicted octanol–water partition coefficient (Wildman–Crippen LogP) is 2.45. The van der Waals surface area contributed by atoms with Gasteiger partial charge in [0.2, 0.25) is 0 Å². The first kappa shape index (κ1) is 11.6. The van der Waals surface area contributed by atoms with Crippen molar-refractivity contribution in [1.82, 2.24) is 9.78 Å². The first-order valence-corrected chi connectivity index (χ1v) is 5.56. The highest BCUT2D eigenvalue weighted by Gasteiger charge is 2.02. The largest absolute Gasteiger partial charge is 0.497 e. The van der Waals surface area contributed by atoms with Gasteiger partial charge in [-0.25, -0.2) is 4.68 Å². The molecular formula is C12H13N3OS. The molecule has 0 fully saturated rings. The zero-order valence-corrected chi connectivity index (χ0v) is 10.5. The summed E-state index contributed by atoms with van der Waals surface area (Å²) in [5.41, 5.74) is 1.95. The predicted molar refractivity (Wildman–Crippen MR) is 71.6 cm³/mol. The molecule has 0 unspecified atom stereocenters. The third kappa shape index (κ3) is 2.82. The Kier molecular flexibility index (Phi) is 3.39. The van der Waals surface area contributed by atoms with E-state index in [2.05, 4.69) is 10.4 Å². The van der Waals surface area contributed by atoms with E-state index >= 15 is 0 Å². The van der Waals surface area contributed by atoms with Crippen LogP contribution in [0.5, 0.6) is 5.75 Å². The highest BCUT2D eigenvalue weighted by molar-refractivity contribution is 7.80. The lowest BCUT2D eigenvalue weighted by atomic mass is 10.3. The Hall–Kier alpha value is -1.88. The average molecular weight is 247 g/mol. The van der Waals surface area contributed by atoms with E-state index < -0.39 is 0 Å². The molecule has 5 heteroatoms. The maximum Gasteiger partial charge on any atom is 0.198 e. The third-order valence-corrected chi connectivity index (χ3v) is 2.53. The number of hydrogen-bond acceptors (Lipinski definition) is 3. The summed E-state index contributed by atoms with van der Waals surface area (Å²) in [5.74, 6) is 0.787. The third-order valence-electron chi connectivity index (χ3n) is 2.24. The van der Waals surface area contributed by atoms with Crippen molar-refractivity contribution in [1.29, 1.82) is 0 Å². The standard InChI is InChI=1S/C12H13N3OS/c1-9-7-13-15(8-9)12(17)14-10-4-3-5-11(6-10)16-2/h3-8H,1-2H3,(H,14,17). The van der Waals surface area contributed by atoms with Crippen LogP contribution in [-0.4, -0.2) is 22.0 Å². The van der Waals surface area contributed by atoms with Gasteiger partial charge in [-0.05, 0) is 36.8 Å². The summed E-state index contributed by atoms with van der Waals surface area (Å²) in [6, 6.07) is 7.58. The Bertz CT molecular complexity index is 536. The van der Waals surface area contributed by atoms with Crippen LogP contribution in [0.3, 0.4) is 0 Å². The number of thiocarbonyl (C=S) groups is 1. The van der Waals surface area contributed by atoms with Gasteiger partial charge < -0.3 is 10.1 Å². The minimum atomic E-state index is 0.534. The molecule has 0 atom stereocenters. The van der Waals surface area contributed by atoms with Crippen LogP contribution >= 0.6 is 12.2 Å². The highest BCUT2D eigenvalue weighted by Crippen LogP contribution is 2.16. The molecule has 0 spiro atoms. The Labute approximate surface area is 105 Å². The van der Waals surface area contributed by atoms with Crippen LogP contribution in [0, 0.1) is 6.92 Å². The van der Waals surface area contributed by atoms with Gasteiger partial charge in [-0.3, -0.25) is 0 Å². The van der Waals surface area contributed by atoms with Gasteiger partial charge in [0, 0.05) is 18.0 Å². The van der Waals surface area contributed by atoms with Gasteiger partial charge in [-0.15, -0.1) is 0 Å². The van der Waals surface area contributed by atoms with Crippen molar-refractivity contribution in [2.75, 3.05) is 12.4 Å². The monoisotopic (exact) mass is 247 g/mol. The van der Waals surface area contributed by atoms with E-state index in [1.54, 1.807) is 18.0 Å². The molecule has 1 N–H and O–H groups in total. The molecule has 1 aromatic heterocycles. The van der Waals surface area contributed by atoms with Gasteiger partial charge in [-0.1, -0.05) is 6.07 Å². The van der Waals surface area contributed by atoms with Gasteiger partial charge in [0.1, 0.15) is 5.75 Å². The van der Waals surface area contributed by atoms with Gasteiger partial charge in [0.05, 0.1) is 13.3 Å². The Morgan fingerprint density at radius 2 is 2.29 bits per heavy atom. The summed E-state index contributed by atoms with van der Waals surface area (Å²) in [5, 5.41) is 7.77. The number of aromatic nitrogens is 2. The second kappa shape index (κ2) is 4.97. The lowest BCUT2D eigenvalue weighted by Crippen LogP contribution is -2.19. The summed E-state index contributed by atoms with van der Waals surface area (Å²) in [6.07, 6.45) is 3.63. The van der Waals surface area contributed by atoms with Crippen LogP contribution in [-0.2, 0) is 0 Å². The lowest BCUT2D eigenvalue weighted by molar-refractivity contribution is 0.415. The summed E-state index contributed by atoms with van der Waals surface area (Å²) >= 11 is 5.24. The molecule has 1 heterocycles. The number of nitrogens with one attached hydrogen (secondary N) is 1. The molecule has 0 saturated heterocycles. The Morgan fingerprint density at radius 1 is 1.47 bits per heavy atom. The van der Waals surface area contributed by atoms with Crippen LogP contribution in [0.4, 0.5) is 5.69 Å². The van der Waals surface area contributed by atoms with Crippen LogP contribution in [0.25, 0.3) is 0 Å². The second-order valence-corrected chi connectivity index (χ2v) is 4.01. The van der Waals surface area contributed by atoms with Gasteiger partial charge in [0.25, 0.3) is 0 Å². The smallest absolute Gasteiger partial charge is 0.198 e. The quantitative estimate of drug-likeness (QED) is 0.827. The molecule has 0 saturated carbocycles. The molecule has 2 rings (SSSR count). The summed E-state index contributed by atoms with van der Waals surface area (Å²) in [4.78, 5) is 0. The molecule has 0 radical (unpaired) electrons. The first-order chi connectivity index (χ1) is 8.19. The number of methoxy groups -OCH3 is 1. The van der Waals surface area contributed by atoms with Crippen LogP contribution in [0.15, 0.2) is 36.7 Å². The molecule has 0 amide bonds. The van der Waals surface area contributed by atoms with E-state index in [9.17, 15) is 0 Å². The molecule has 0 aliphatic heterocycles. The summed E-state index contributed by atoms with van der Waals surface area (Å²) < 4.78 is 6.77. The van der Waals surface area contributed by atoms with Crippen molar-refractivity contribution in [2.45, 2.75) is 6.92 Å². The second-order valence-electron chi connectivity index (χ2n) is 3.62. The van der Waals surface area contributed by atoms with E-state index in [0.717, 1.165) is 17.0 Å². The van der Waals surface area contributed by atoms with Crippen molar-refractivity contribution in [3.05, 3.63) is 42.2 Å². The molecule has 0 aliphatic rings. The molecule has 0 bridgehead atoms. The molecule has 1 aromatic carbocycles. The molecule has 88 valence electrons. The van der Waals surface area contributed by atoms with Crippen molar-refractivity contribution >= 4 is 23.0 Å². The Balaban J connectivity index is 2.12. The van der Waals surface area contributed by atoms with Gasteiger partial charge in [-0.2, -0.15) is 5.10 Å². The minimum Gasteiger partial charge on any atom is -0.497 e. The highest BCUT2D eigenvalue weighted by atomic mass is 32.1. The van der Waals surface area contributed by atoms with Crippen molar-refractivity contribution < 1.29 is 4.74 Å². The summed E-state index contributed by atoms with van der Waals surface area (Å²) in [6.45, 7) is 1.97. The van der Waals surface area contributed by atoms with E-state index in [1.807, 2.05) is 37.4 Å². The SMILES string of the molecule is COc1cccc(NC(=S)n2cc(C)cn2)c1. The van der Waals surface area contributed by atoms with E-state index in [1.165, 1.54) is 0 Å². The fraction of sp³-hybridized carbons (Fsp3) is 0.167. The number of nitrogens with zero attached hydrogens (tertiary/aromatic N) is 2. The zero-order valence-electron chi connectivity index (χ0n) is 9.68. The molecule has 2 aromatic rings. The van der Waals surface area contributed by atoms with E-state index in [4.69, 9.17) is 17.0 Å². The van der Waals surface area contributed by atoms with Gasteiger partial charge in [0.15, 0.2) is 5.11 Å². The van der Waals surface area contributed by atoms with Crippen LogP contribution in [0.2, 0.25) is 0 Å².